The van der Waals surface area contributed by atoms with Gasteiger partial charge in [-0.15, -0.1) is 0 Å². The lowest BCUT2D eigenvalue weighted by atomic mass is 9.75. The summed E-state index contributed by atoms with van der Waals surface area (Å²) in [7, 11) is 0. The van der Waals surface area contributed by atoms with Crippen LogP contribution in [0.1, 0.15) is 73.3 Å². The zero-order chi connectivity index (χ0) is 17.5. The minimum absolute atomic E-state index is 0.348. The van der Waals surface area contributed by atoms with E-state index in [2.05, 4.69) is 51.8 Å². The van der Waals surface area contributed by atoms with Crippen LogP contribution in [0.5, 0.6) is 0 Å². The highest BCUT2D eigenvalue weighted by molar-refractivity contribution is 5.50. The predicted molar refractivity (Wildman–Crippen MR) is 103 cm³/mol. The smallest absolute Gasteiger partial charge is 0.0995 e. The number of imidazole rings is 1. The molecule has 1 N–H and O–H groups in total. The molecule has 3 heteroatoms. The van der Waals surface area contributed by atoms with Crippen molar-refractivity contribution in [1.29, 1.82) is 0 Å². The standard InChI is InChI=1S/C23H26N2O/c26-23(19-10-6-17(7-11-19)16-4-2-1-3-5-16)22-21(18-8-9-18)13-12-20-14-24-15-25(20)22/h1-5,12-15,17-19,23,26H,6-11H2/t17-,19-,23-/m0/s1. The van der Waals surface area contributed by atoms with E-state index in [1.165, 1.54) is 36.8 Å². The quantitative estimate of drug-likeness (QED) is 0.703. The molecule has 2 aliphatic rings. The molecule has 3 aromatic rings. The maximum absolute atomic E-state index is 11.3. The van der Waals surface area contributed by atoms with Crippen molar-refractivity contribution in [3.8, 4) is 0 Å². The molecule has 2 aromatic heterocycles. The number of fused-ring (bicyclic) bond motifs is 1. The van der Waals surface area contributed by atoms with Gasteiger partial charge >= 0.3 is 0 Å². The highest BCUT2D eigenvalue weighted by atomic mass is 16.3. The summed E-state index contributed by atoms with van der Waals surface area (Å²) in [6.45, 7) is 0. The second-order valence-corrected chi connectivity index (χ2v) is 8.10. The molecule has 0 aliphatic heterocycles. The minimum atomic E-state index is -0.389. The van der Waals surface area contributed by atoms with E-state index in [1.807, 2.05) is 12.5 Å². The molecule has 2 heterocycles. The maximum atomic E-state index is 11.3. The van der Waals surface area contributed by atoms with E-state index in [-0.39, 0.29) is 6.10 Å². The molecular formula is C23H26N2O. The molecule has 0 saturated heterocycles. The lowest BCUT2D eigenvalue weighted by Crippen LogP contribution is -2.22. The molecular weight excluding hydrogens is 320 g/mol. The summed E-state index contributed by atoms with van der Waals surface area (Å²) in [5.41, 5.74) is 4.98. The van der Waals surface area contributed by atoms with Crippen molar-refractivity contribution < 1.29 is 5.11 Å². The molecule has 3 nitrogen and oxygen atoms in total. The van der Waals surface area contributed by atoms with Crippen LogP contribution in [0.4, 0.5) is 0 Å². The van der Waals surface area contributed by atoms with Gasteiger partial charge in [0, 0.05) is 0 Å². The van der Waals surface area contributed by atoms with Crippen molar-refractivity contribution in [2.45, 2.75) is 56.5 Å². The van der Waals surface area contributed by atoms with Gasteiger partial charge in [-0.3, -0.25) is 0 Å². The molecule has 1 atom stereocenters. The Bertz CT molecular complexity index is 889. The van der Waals surface area contributed by atoms with Gasteiger partial charge in [-0.05, 0) is 73.5 Å². The fourth-order valence-electron chi connectivity index (χ4n) is 4.80. The van der Waals surface area contributed by atoms with Crippen molar-refractivity contribution in [2.24, 2.45) is 5.92 Å². The first-order chi connectivity index (χ1) is 12.8. The first kappa shape index (κ1) is 16.1. The molecule has 26 heavy (non-hydrogen) atoms. The zero-order valence-corrected chi connectivity index (χ0v) is 15.1. The first-order valence-electron chi connectivity index (χ1n) is 9.99. The number of hydrogen-bond acceptors (Lipinski definition) is 2. The van der Waals surface area contributed by atoms with Gasteiger partial charge in [0.25, 0.3) is 0 Å². The van der Waals surface area contributed by atoms with Gasteiger partial charge in [-0.25, -0.2) is 4.98 Å². The average molecular weight is 346 g/mol. The van der Waals surface area contributed by atoms with Crippen LogP contribution in [0.25, 0.3) is 5.52 Å². The Hall–Kier alpha value is -2.13. The first-order valence-corrected chi connectivity index (χ1v) is 9.99. The third-order valence-corrected chi connectivity index (χ3v) is 6.44. The van der Waals surface area contributed by atoms with E-state index >= 15 is 0 Å². The van der Waals surface area contributed by atoms with Crippen LogP contribution in [0, 0.1) is 5.92 Å². The van der Waals surface area contributed by atoms with Gasteiger partial charge in [-0.2, -0.15) is 0 Å². The third kappa shape index (κ3) is 2.84. The van der Waals surface area contributed by atoms with E-state index in [0.717, 1.165) is 24.1 Å². The van der Waals surface area contributed by atoms with Crippen LogP contribution in [0.15, 0.2) is 55.0 Å². The van der Waals surface area contributed by atoms with Crippen LogP contribution in [-0.4, -0.2) is 14.5 Å². The zero-order valence-electron chi connectivity index (χ0n) is 15.1. The Labute approximate surface area is 154 Å². The molecule has 2 aliphatic carbocycles. The largest absolute Gasteiger partial charge is 0.387 e. The fraction of sp³-hybridized carbons (Fsp3) is 0.435. The van der Waals surface area contributed by atoms with Crippen molar-refractivity contribution in [3.63, 3.8) is 0 Å². The van der Waals surface area contributed by atoms with E-state index < -0.39 is 0 Å². The Morgan fingerprint density at radius 2 is 1.62 bits per heavy atom. The van der Waals surface area contributed by atoms with Gasteiger partial charge < -0.3 is 9.51 Å². The number of aromatic nitrogens is 2. The summed E-state index contributed by atoms with van der Waals surface area (Å²) in [6.07, 6.45) is 10.4. The minimum Gasteiger partial charge on any atom is -0.387 e. The topological polar surface area (TPSA) is 37.5 Å². The van der Waals surface area contributed by atoms with Crippen molar-refractivity contribution in [3.05, 3.63) is 71.8 Å². The maximum Gasteiger partial charge on any atom is 0.0995 e. The third-order valence-electron chi connectivity index (χ3n) is 6.44. The van der Waals surface area contributed by atoms with E-state index in [0.29, 0.717) is 17.8 Å². The van der Waals surface area contributed by atoms with Gasteiger partial charge in [0.05, 0.1) is 29.8 Å². The lowest BCUT2D eigenvalue weighted by molar-refractivity contribution is 0.0754. The highest BCUT2D eigenvalue weighted by Crippen LogP contribution is 2.47. The monoisotopic (exact) mass is 346 g/mol. The number of aliphatic hydroxyl groups is 1. The molecule has 0 radical (unpaired) electrons. The molecule has 0 bridgehead atoms. The molecule has 0 spiro atoms. The number of pyridine rings is 1. The van der Waals surface area contributed by atoms with E-state index in [1.54, 1.807) is 0 Å². The summed E-state index contributed by atoms with van der Waals surface area (Å²) in [5, 5.41) is 11.3. The summed E-state index contributed by atoms with van der Waals surface area (Å²) < 4.78 is 2.13. The lowest BCUT2D eigenvalue weighted by Gasteiger charge is -2.33. The Kier molecular flexibility index (Phi) is 4.05. The molecule has 1 aromatic carbocycles. The number of hydrogen-bond donors (Lipinski definition) is 1. The van der Waals surface area contributed by atoms with Crippen LogP contribution in [-0.2, 0) is 0 Å². The number of rotatable bonds is 4. The van der Waals surface area contributed by atoms with E-state index in [9.17, 15) is 5.11 Å². The van der Waals surface area contributed by atoms with Crippen LogP contribution in [0.2, 0.25) is 0 Å². The summed E-state index contributed by atoms with van der Waals surface area (Å²) in [4.78, 5) is 4.31. The van der Waals surface area contributed by atoms with Gasteiger partial charge in [0.15, 0.2) is 0 Å². The second-order valence-electron chi connectivity index (χ2n) is 8.10. The van der Waals surface area contributed by atoms with Crippen LogP contribution < -0.4 is 0 Å². The Morgan fingerprint density at radius 1 is 0.885 bits per heavy atom. The number of benzene rings is 1. The van der Waals surface area contributed by atoms with E-state index in [4.69, 9.17) is 0 Å². The molecule has 2 saturated carbocycles. The second kappa shape index (κ2) is 6.55. The molecule has 0 amide bonds. The SMILES string of the molecule is O[C@H](c1c(C2CC2)ccc2cncn12)[C@H]1CC[C@H](c2ccccc2)CC1. The van der Waals surface area contributed by atoms with Gasteiger partial charge in [-0.1, -0.05) is 36.4 Å². The summed E-state index contributed by atoms with van der Waals surface area (Å²) >= 11 is 0. The highest BCUT2D eigenvalue weighted by Gasteiger charge is 2.34. The fourth-order valence-corrected chi connectivity index (χ4v) is 4.80. The average Bonchev–Trinajstić information content (AvgIpc) is 3.44. The molecule has 0 unspecified atom stereocenters. The number of aliphatic hydroxyl groups excluding tert-OH is 1. The molecule has 2 fully saturated rings. The van der Waals surface area contributed by atoms with Gasteiger partial charge in [0.2, 0.25) is 0 Å². The number of nitrogens with zero attached hydrogens (tertiary/aromatic N) is 2. The van der Waals surface area contributed by atoms with Crippen LogP contribution >= 0.6 is 0 Å². The van der Waals surface area contributed by atoms with Crippen molar-refractivity contribution >= 4 is 5.52 Å². The molecule has 134 valence electrons. The Balaban J connectivity index is 1.39. The normalized spacial score (nSPS) is 24.7. The van der Waals surface area contributed by atoms with Crippen molar-refractivity contribution in [2.75, 3.05) is 0 Å². The predicted octanol–water partition coefficient (Wildman–Crippen LogP) is 5.22. The summed E-state index contributed by atoms with van der Waals surface area (Å²) in [6, 6.07) is 15.2. The van der Waals surface area contributed by atoms with Crippen molar-refractivity contribution in [1.82, 2.24) is 9.38 Å². The van der Waals surface area contributed by atoms with Gasteiger partial charge in [0.1, 0.15) is 0 Å². The Morgan fingerprint density at radius 3 is 2.35 bits per heavy atom. The van der Waals surface area contributed by atoms with Crippen LogP contribution in [0.3, 0.4) is 0 Å². The summed E-state index contributed by atoms with van der Waals surface area (Å²) in [5.74, 6) is 1.62. The molecule has 5 rings (SSSR count).